The van der Waals surface area contributed by atoms with E-state index >= 15 is 0 Å². The van der Waals surface area contributed by atoms with Crippen LogP contribution in [0.1, 0.15) is 33.9 Å². The number of amides is 2. The lowest BCUT2D eigenvalue weighted by molar-refractivity contribution is -0.121. The number of aromatic amines is 1. The Morgan fingerprint density at radius 1 is 1.12 bits per heavy atom. The summed E-state index contributed by atoms with van der Waals surface area (Å²) in [6.07, 6.45) is 7.73. The first-order chi connectivity index (χ1) is 16.1. The molecule has 164 valence electrons. The lowest BCUT2D eigenvalue weighted by atomic mass is 9.73. The standard InChI is InChI=1S/C25H22N6O2/c1-30-15-19(14-28-30)22-25(20-7-2-3-8-21(20)29-24(25)33)9-10-31(22)23(32)17-6-4-5-16(11-17)18-12-26-27-13-18/h2-8,11-15,22H,9-10H2,1H3,(H,26,27)(H,29,33). The van der Waals surface area contributed by atoms with E-state index in [1.165, 1.54) is 0 Å². The number of hydrogen-bond donors (Lipinski definition) is 2. The van der Waals surface area contributed by atoms with Gasteiger partial charge in [-0.25, -0.2) is 0 Å². The first-order valence-corrected chi connectivity index (χ1v) is 10.9. The summed E-state index contributed by atoms with van der Waals surface area (Å²) in [6.45, 7) is 0.468. The van der Waals surface area contributed by atoms with Crippen LogP contribution >= 0.6 is 0 Å². The minimum absolute atomic E-state index is 0.0694. The number of fused-ring (bicyclic) bond motifs is 2. The van der Waals surface area contributed by atoms with E-state index in [9.17, 15) is 9.59 Å². The van der Waals surface area contributed by atoms with Crippen LogP contribution in [0.25, 0.3) is 11.1 Å². The third-order valence-corrected chi connectivity index (χ3v) is 6.83. The summed E-state index contributed by atoms with van der Waals surface area (Å²) < 4.78 is 1.71. The topological polar surface area (TPSA) is 95.9 Å². The van der Waals surface area contributed by atoms with Gasteiger partial charge >= 0.3 is 0 Å². The van der Waals surface area contributed by atoms with Gasteiger partial charge in [0.05, 0.1) is 18.4 Å². The van der Waals surface area contributed by atoms with Crippen LogP contribution in [0.2, 0.25) is 0 Å². The second-order valence-corrected chi connectivity index (χ2v) is 8.64. The molecule has 2 aliphatic rings. The summed E-state index contributed by atoms with van der Waals surface area (Å²) in [5.41, 5.74) is 4.14. The summed E-state index contributed by atoms with van der Waals surface area (Å²) in [6, 6.07) is 14.8. The summed E-state index contributed by atoms with van der Waals surface area (Å²) in [4.78, 5) is 29.2. The number of aryl methyl sites for hydroxylation is 1. The SMILES string of the molecule is Cn1cc(C2N(C(=O)c3cccc(-c4cn[nH]c4)c3)CCC23C(=O)Nc2ccccc23)cn1. The second-order valence-electron chi connectivity index (χ2n) is 8.64. The van der Waals surface area contributed by atoms with E-state index in [4.69, 9.17) is 0 Å². The highest BCUT2D eigenvalue weighted by Gasteiger charge is 2.59. The fourth-order valence-corrected chi connectivity index (χ4v) is 5.36. The number of rotatable bonds is 3. The number of carbonyl (C=O) groups is 2. The van der Waals surface area contributed by atoms with Gasteiger partial charge in [0, 0.05) is 48.4 Å². The van der Waals surface area contributed by atoms with E-state index in [-0.39, 0.29) is 11.8 Å². The Kier molecular flexibility index (Phi) is 4.23. The van der Waals surface area contributed by atoms with E-state index < -0.39 is 11.5 Å². The molecular weight excluding hydrogens is 416 g/mol. The van der Waals surface area contributed by atoms with Crippen molar-refractivity contribution in [3.8, 4) is 11.1 Å². The van der Waals surface area contributed by atoms with E-state index in [0.29, 0.717) is 18.5 Å². The molecule has 4 heterocycles. The predicted molar refractivity (Wildman–Crippen MR) is 122 cm³/mol. The first kappa shape index (κ1) is 19.5. The number of benzene rings is 2. The van der Waals surface area contributed by atoms with Gasteiger partial charge < -0.3 is 10.2 Å². The number of hydrogen-bond acceptors (Lipinski definition) is 4. The molecule has 2 aromatic carbocycles. The van der Waals surface area contributed by atoms with Gasteiger partial charge in [-0.2, -0.15) is 10.2 Å². The molecule has 2 aliphatic heterocycles. The zero-order chi connectivity index (χ0) is 22.6. The van der Waals surface area contributed by atoms with Gasteiger partial charge in [-0.1, -0.05) is 30.3 Å². The molecular formula is C25H22N6O2. The molecule has 2 amide bonds. The quantitative estimate of drug-likeness (QED) is 0.513. The molecule has 8 nitrogen and oxygen atoms in total. The van der Waals surface area contributed by atoms with Crippen LogP contribution in [0.5, 0.6) is 0 Å². The van der Waals surface area contributed by atoms with Gasteiger partial charge in [-0.15, -0.1) is 0 Å². The first-order valence-electron chi connectivity index (χ1n) is 10.9. The van der Waals surface area contributed by atoms with Crippen LogP contribution in [0.15, 0.2) is 73.3 Å². The Bertz CT molecular complexity index is 1380. The number of H-pyrrole nitrogens is 1. The van der Waals surface area contributed by atoms with Crippen molar-refractivity contribution in [2.75, 3.05) is 11.9 Å². The van der Waals surface area contributed by atoms with E-state index in [1.54, 1.807) is 23.3 Å². The maximum atomic E-state index is 13.9. The molecule has 8 heteroatoms. The normalized spacial score (nSPS) is 21.4. The van der Waals surface area contributed by atoms with Crippen molar-refractivity contribution in [3.05, 3.63) is 90.0 Å². The Morgan fingerprint density at radius 3 is 2.79 bits per heavy atom. The maximum absolute atomic E-state index is 13.9. The minimum Gasteiger partial charge on any atom is -0.330 e. The number of anilines is 1. The molecule has 1 spiro atoms. The highest BCUT2D eigenvalue weighted by atomic mass is 16.2. The molecule has 1 fully saturated rings. The van der Waals surface area contributed by atoms with Crippen LogP contribution in [-0.4, -0.2) is 43.2 Å². The van der Waals surface area contributed by atoms with Gasteiger partial charge in [0.2, 0.25) is 5.91 Å². The molecule has 2 N–H and O–H groups in total. The summed E-state index contributed by atoms with van der Waals surface area (Å²) in [5.74, 6) is -0.178. The molecule has 6 rings (SSSR count). The zero-order valence-corrected chi connectivity index (χ0v) is 18.0. The Morgan fingerprint density at radius 2 is 2.00 bits per heavy atom. The number of para-hydroxylation sites is 1. The van der Waals surface area contributed by atoms with Crippen LogP contribution in [0.3, 0.4) is 0 Å². The van der Waals surface area contributed by atoms with Crippen LogP contribution < -0.4 is 5.32 Å². The Balaban J connectivity index is 1.46. The number of nitrogens with one attached hydrogen (secondary N) is 2. The van der Waals surface area contributed by atoms with Crippen LogP contribution in [0.4, 0.5) is 5.69 Å². The third kappa shape index (κ3) is 2.83. The summed E-state index contributed by atoms with van der Waals surface area (Å²) >= 11 is 0. The van der Waals surface area contributed by atoms with Gasteiger partial charge in [-0.3, -0.25) is 19.4 Å². The van der Waals surface area contributed by atoms with E-state index in [0.717, 1.165) is 27.9 Å². The molecule has 0 bridgehead atoms. The Labute approximate surface area is 190 Å². The monoisotopic (exact) mass is 438 g/mol. The van der Waals surface area contributed by atoms with Crippen molar-refractivity contribution < 1.29 is 9.59 Å². The zero-order valence-electron chi connectivity index (χ0n) is 18.0. The van der Waals surface area contributed by atoms with E-state index in [2.05, 4.69) is 20.6 Å². The molecule has 2 aromatic heterocycles. The number of nitrogens with zero attached hydrogens (tertiary/aromatic N) is 4. The molecule has 2 atom stereocenters. The van der Waals surface area contributed by atoms with Gasteiger partial charge in [0.25, 0.3) is 5.91 Å². The van der Waals surface area contributed by atoms with Gasteiger partial charge in [0.15, 0.2) is 0 Å². The van der Waals surface area contributed by atoms with Gasteiger partial charge in [0.1, 0.15) is 5.41 Å². The van der Waals surface area contributed by atoms with Crippen molar-refractivity contribution in [2.45, 2.75) is 17.9 Å². The molecule has 33 heavy (non-hydrogen) atoms. The molecule has 1 saturated heterocycles. The van der Waals surface area contributed by atoms with Crippen molar-refractivity contribution in [2.24, 2.45) is 7.05 Å². The molecule has 4 aromatic rings. The number of carbonyl (C=O) groups excluding carboxylic acids is 2. The van der Waals surface area contributed by atoms with Crippen LogP contribution in [0, 0.1) is 0 Å². The largest absolute Gasteiger partial charge is 0.330 e. The molecule has 0 radical (unpaired) electrons. The van der Waals surface area contributed by atoms with Crippen molar-refractivity contribution in [1.29, 1.82) is 0 Å². The lowest BCUT2D eigenvalue weighted by Crippen LogP contribution is -2.42. The molecule has 0 aliphatic carbocycles. The highest BCUT2D eigenvalue weighted by Crippen LogP contribution is 2.54. The lowest BCUT2D eigenvalue weighted by Gasteiger charge is -2.33. The predicted octanol–water partition coefficient (Wildman–Crippen LogP) is 3.29. The fraction of sp³-hybridized carbons (Fsp3) is 0.200. The van der Waals surface area contributed by atoms with Crippen molar-refractivity contribution in [1.82, 2.24) is 24.9 Å². The highest BCUT2D eigenvalue weighted by molar-refractivity contribution is 6.08. The van der Waals surface area contributed by atoms with Crippen molar-refractivity contribution >= 4 is 17.5 Å². The third-order valence-electron chi connectivity index (χ3n) is 6.83. The Hall–Kier alpha value is -4.20. The van der Waals surface area contributed by atoms with Gasteiger partial charge in [-0.05, 0) is 35.7 Å². The molecule has 2 unspecified atom stereocenters. The average molecular weight is 438 g/mol. The molecule has 0 saturated carbocycles. The smallest absolute Gasteiger partial charge is 0.254 e. The number of likely N-dealkylation sites (tertiary alicyclic amines) is 1. The number of aromatic nitrogens is 4. The maximum Gasteiger partial charge on any atom is 0.254 e. The fourth-order valence-electron chi connectivity index (χ4n) is 5.36. The summed E-state index contributed by atoms with van der Waals surface area (Å²) in [5, 5.41) is 14.2. The minimum atomic E-state index is -0.850. The van der Waals surface area contributed by atoms with E-state index in [1.807, 2.05) is 66.7 Å². The second kappa shape index (κ2) is 7.16. The van der Waals surface area contributed by atoms with Crippen molar-refractivity contribution in [3.63, 3.8) is 0 Å². The summed E-state index contributed by atoms with van der Waals surface area (Å²) in [7, 11) is 1.84. The average Bonchev–Trinajstić information content (AvgIpc) is 3.62. The van der Waals surface area contributed by atoms with Crippen LogP contribution in [-0.2, 0) is 17.3 Å².